The summed E-state index contributed by atoms with van der Waals surface area (Å²) in [6.45, 7) is 6.39. The summed E-state index contributed by atoms with van der Waals surface area (Å²) < 4.78 is 32.1. The highest BCUT2D eigenvalue weighted by Gasteiger charge is 2.26. The summed E-state index contributed by atoms with van der Waals surface area (Å²) in [6, 6.07) is 14.4. The summed E-state index contributed by atoms with van der Waals surface area (Å²) in [7, 11) is -3.56. The van der Waals surface area contributed by atoms with Crippen LogP contribution in [0.25, 0.3) is 0 Å². The molecule has 4 rings (SSSR count). The average Bonchev–Trinajstić information content (AvgIpc) is 2.83. The monoisotopic (exact) mass is 457 g/mol. The van der Waals surface area contributed by atoms with E-state index in [2.05, 4.69) is 29.3 Å². The van der Waals surface area contributed by atoms with Crippen LogP contribution in [0.15, 0.2) is 53.4 Å². The molecular weight excluding hydrogens is 426 g/mol. The zero-order valence-corrected chi connectivity index (χ0v) is 19.3. The predicted molar refractivity (Wildman–Crippen MR) is 124 cm³/mol. The van der Waals surface area contributed by atoms with E-state index in [1.807, 2.05) is 12.1 Å². The number of nitrogens with one attached hydrogen (secondary N) is 1. The fourth-order valence-electron chi connectivity index (χ4n) is 4.25. The molecule has 1 amide bonds. The van der Waals surface area contributed by atoms with Crippen LogP contribution in [0.1, 0.15) is 35.7 Å². The second-order valence-corrected chi connectivity index (χ2v) is 10.5. The number of rotatable bonds is 6. The molecule has 1 atom stereocenters. The first-order chi connectivity index (χ1) is 15.4. The lowest BCUT2D eigenvalue weighted by atomic mass is 9.99. The van der Waals surface area contributed by atoms with E-state index in [0.29, 0.717) is 38.4 Å². The van der Waals surface area contributed by atoms with Crippen LogP contribution in [0.4, 0.5) is 5.69 Å². The molecule has 0 aromatic heterocycles. The Morgan fingerprint density at radius 1 is 1.03 bits per heavy atom. The van der Waals surface area contributed by atoms with E-state index in [0.717, 1.165) is 24.6 Å². The number of sulfonamides is 1. The molecule has 2 aromatic rings. The molecular formula is C24H31N3O4S. The molecule has 1 N–H and O–H groups in total. The van der Waals surface area contributed by atoms with Gasteiger partial charge >= 0.3 is 0 Å². The Hall–Kier alpha value is -2.42. The van der Waals surface area contributed by atoms with Crippen molar-refractivity contribution in [3.63, 3.8) is 0 Å². The minimum Gasteiger partial charge on any atom is -0.379 e. The highest BCUT2D eigenvalue weighted by Crippen LogP contribution is 2.23. The van der Waals surface area contributed by atoms with Gasteiger partial charge in [0, 0.05) is 44.0 Å². The maximum Gasteiger partial charge on any atom is 0.251 e. The molecule has 32 heavy (non-hydrogen) atoms. The number of morpholine rings is 1. The first-order valence-electron chi connectivity index (χ1n) is 11.2. The number of ether oxygens (including phenoxy) is 1. The van der Waals surface area contributed by atoms with Crippen molar-refractivity contribution in [2.75, 3.05) is 44.3 Å². The van der Waals surface area contributed by atoms with Crippen molar-refractivity contribution < 1.29 is 17.9 Å². The largest absolute Gasteiger partial charge is 0.379 e. The fourth-order valence-corrected chi connectivity index (χ4v) is 5.66. The van der Waals surface area contributed by atoms with Crippen LogP contribution in [-0.2, 0) is 21.3 Å². The topological polar surface area (TPSA) is 79.0 Å². The zero-order chi connectivity index (χ0) is 22.6. The van der Waals surface area contributed by atoms with Crippen molar-refractivity contribution in [1.82, 2.24) is 9.62 Å². The van der Waals surface area contributed by atoms with Crippen molar-refractivity contribution in [2.45, 2.75) is 31.2 Å². The SMILES string of the molecule is CC1CCCN(c2ccc(CNC(=O)c3ccc(S(=O)(=O)N4CCOCC4)cc3)cc2)C1. The molecule has 172 valence electrons. The average molecular weight is 458 g/mol. The van der Waals surface area contributed by atoms with E-state index in [9.17, 15) is 13.2 Å². The number of hydrogen-bond acceptors (Lipinski definition) is 5. The summed E-state index contributed by atoms with van der Waals surface area (Å²) in [5.74, 6) is 0.493. The molecule has 2 fully saturated rings. The van der Waals surface area contributed by atoms with Gasteiger partial charge in [-0.2, -0.15) is 4.31 Å². The first-order valence-corrected chi connectivity index (χ1v) is 12.7. The molecule has 2 heterocycles. The molecule has 7 nitrogen and oxygen atoms in total. The van der Waals surface area contributed by atoms with Crippen LogP contribution in [0.3, 0.4) is 0 Å². The van der Waals surface area contributed by atoms with Crippen LogP contribution in [-0.4, -0.2) is 58.0 Å². The van der Waals surface area contributed by atoms with Crippen molar-refractivity contribution in [1.29, 1.82) is 0 Å². The highest BCUT2D eigenvalue weighted by molar-refractivity contribution is 7.89. The molecule has 0 radical (unpaired) electrons. The molecule has 2 aromatic carbocycles. The smallest absolute Gasteiger partial charge is 0.251 e. The fraction of sp³-hybridized carbons (Fsp3) is 0.458. The normalized spacial score (nSPS) is 20.2. The van der Waals surface area contributed by atoms with Crippen molar-refractivity contribution in [3.05, 3.63) is 59.7 Å². The maximum atomic E-state index is 12.7. The lowest BCUT2D eigenvalue weighted by molar-refractivity contribution is 0.0730. The third kappa shape index (κ3) is 5.31. The molecule has 8 heteroatoms. The summed E-state index contributed by atoms with van der Waals surface area (Å²) >= 11 is 0. The molecule has 0 aliphatic carbocycles. The van der Waals surface area contributed by atoms with Crippen LogP contribution in [0.5, 0.6) is 0 Å². The molecule has 2 aliphatic heterocycles. The first kappa shape index (κ1) is 22.8. The molecule has 2 aliphatic rings. The predicted octanol–water partition coefficient (Wildman–Crippen LogP) is 2.87. The van der Waals surface area contributed by atoms with Crippen LogP contribution in [0.2, 0.25) is 0 Å². The third-order valence-electron chi connectivity index (χ3n) is 6.14. The Bertz CT molecular complexity index is 1020. The molecule has 0 spiro atoms. The Morgan fingerprint density at radius 2 is 1.72 bits per heavy atom. The summed E-state index contributed by atoms with van der Waals surface area (Å²) in [4.78, 5) is 15.1. The van der Waals surface area contributed by atoms with Gasteiger partial charge in [0.15, 0.2) is 0 Å². The molecule has 0 bridgehead atoms. The van der Waals surface area contributed by atoms with Crippen LogP contribution >= 0.6 is 0 Å². The van der Waals surface area contributed by atoms with Crippen molar-refractivity contribution >= 4 is 21.6 Å². The van der Waals surface area contributed by atoms with Gasteiger partial charge in [0.05, 0.1) is 18.1 Å². The number of benzene rings is 2. The summed E-state index contributed by atoms with van der Waals surface area (Å²) in [5, 5.41) is 2.91. The Morgan fingerprint density at radius 3 is 2.38 bits per heavy atom. The summed E-state index contributed by atoms with van der Waals surface area (Å²) in [5.41, 5.74) is 2.69. The number of hydrogen-bond donors (Lipinski definition) is 1. The number of carbonyl (C=O) groups is 1. The third-order valence-corrected chi connectivity index (χ3v) is 8.05. The lowest BCUT2D eigenvalue weighted by Gasteiger charge is -2.32. The van der Waals surface area contributed by atoms with E-state index in [1.54, 1.807) is 12.1 Å². The highest BCUT2D eigenvalue weighted by atomic mass is 32.2. The van der Waals surface area contributed by atoms with Gasteiger partial charge < -0.3 is 15.0 Å². The zero-order valence-electron chi connectivity index (χ0n) is 18.5. The van der Waals surface area contributed by atoms with Gasteiger partial charge in [-0.15, -0.1) is 0 Å². The quantitative estimate of drug-likeness (QED) is 0.722. The summed E-state index contributed by atoms with van der Waals surface area (Å²) in [6.07, 6.45) is 2.52. The molecule has 1 unspecified atom stereocenters. The van der Waals surface area contributed by atoms with Gasteiger partial charge in [-0.25, -0.2) is 8.42 Å². The van der Waals surface area contributed by atoms with E-state index in [4.69, 9.17) is 4.74 Å². The lowest BCUT2D eigenvalue weighted by Crippen LogP contribution is -2.40. The number of carbonyl (C=O) groups excluding carboxylic acids is 1. The number of amides is 1. The molecule has 0 saturated carbocycles. The van der Waals surface area contributed by atoms with Gasteiger partial charge in [0.2, 0.25) is 10.0 Å². The number of anilines is 1. The minimum atomic E-state index is -3.56. The van der Waals surface area contributed by atoms with E-state index >= 15 is 0 Å². The maximum absolute atomic E-state index is 12.7. The van der Waals surface area contributed by atoms with E-state index in [1.165, 1.54) is 35.0 Å². The van der Waals surface area contributed by atoms with Crippen molar-refractivity contribution in [3.8, 4) is 0 Å². The second-order valence-electron chi connectivity index (χ2n) is 8.58. The Balaban J connectivity index is 1.33. The standard InChI is InChI=1S/C24H31N3O4S/c1-19-3-2-12-26(18-19)22-8-4-20(5-9-22)17-25-24(28)21-6-10-23(11-7-21)32(29,30)27-13-15-31-16-14-27/h4-11,19H,2-3,12-18H2,1H3,(H,25,28). The van der Waals surface area contributed by atoms with Gasteiger partial charge in [0.1, 0.15) is 0 Å². The minimum absolute atomic E-state index is 0.193. The second kappa shape index (κ2) is 10.0. The number of nitrogens with zero attached hydrogens (tertiary/aromatic N) is 2. The Labute approximate surface area is 190 Å². The van der Waals surface area contributed by atoms with Crippen LogP contribution in [0, 0.1) is 5.92 Å². The van der Waals surface area contributed by atoms with E-state index < -0.39 is 10.0 Å². The van der Waals surface area contributed by atoms with Gasteiger partial charge in [-0.05, 0) is 60.7 Å². The van der Waals surface area contributed by atoms with Gasteiger partial charge in [-0.3, -0.25) is 4.79 Å². The van der Waals surface area contributed by atoms with E-state index in [-0.39, 0.29) is 10.8 Å². The number of piperidine rings is 1. The van der Waals surface area contributed by atoms with Gasteiger partial charge in [-0.1, -0.05) is 19.1 Å². The Kier molecular flexibility index (Phi) is 7.13. The molecule has 2 saturated heterocycles. The van der Waals surface area contributed by atoms with Crippen molar-refractivity contribution in [2.24, 2.45) is 5.92 Å². The van der Waals surface area contributed by atoms with Gasteiger partial charge in [0.25, 0.3) is 5.91 Å². The van der Waals surface area contributed by atoms with Crippen LogP contribution < -0.4 is 10.2 Å².